The van der Waals surface area contributed by atoms with Crippen molar-refractivity contribution in [3.05, 3.63) is 0 Å². The van der Waals surface area contributed by atoms with Crippen LogP contribution in [0.2, 0.25) is 0 Å². The average Bonchev–Trinajstić information content (AvgIpc) is 2.27. The van der Waals surface area contributed by atoms with Crippen molar-refractivity contribution in [1.82, 2.24) is 0 Å². The van der Waals surface area contributed by atoms with Crippen molar-refractivity contribution in [2.45, 2.75) is 78.6 Å². The second-order valence-corrected chi connectivity index (χ2v) is 6.29. The quantitative estimate of drug-likeness (QED) is 0.385. The standard InChI is InChI=1S/C15H32S/c1-4-6-13-16-14-10-8-7-9-12-15(3)11-5-2/h15H,4-14H2,1-3H3. The molecular weight excluding hydrogens is 212 g/mol. The summed E-state index contributed by atoms with van der Waals surface area (Å²) in [5.74, 6) is 3.73. The summed E-state index contributed by atoms with van der Waals surface area (Å²) in [6.45, 7) is 6.98. The van der Waals surface area contributed by atoms with Gasteiger partial charge in [0.05, 0.1) is 0 Å². The zero-order valence-electron chi connectivity index (χ0n) is 11.8. The van der Waals surface area contributed by atoms with Gasteiger partial charge in [-0.1, -0.05) is 65.7 Å². The Kier molecular flexibility index (Phi) is 13.7. The summed E-state index contributed by atoms with van der Waals surface area (Å²) in [6.07, 6.45) is 12.8. The molecule has 16 heavy (non-hydrogen) atoms. The van der Waals surface area contributed by atoms with Crippen LogP contribution >= 0.6 is 11.8 Å². The van der Waals surface area contributed by atoms with Crippen molar-refractivity contribution < 1.29 is 0 Å². The molecule has 0 bridgehead atoms. The third-order valence-corrected chi connectivity index (χ3v) is 4.31. The van der Waals surface area contributed by atoms with E-state index in [2.05, 4.69) is 32.5 Å². The molecule has 0 spiro atoms. The van der Waals surface area contributed by atoms with Gasteiger partial charge in [0.15, 0.2) is 0 Å². The van der Waals surface area contributed by atoms with Crippen LogP contribution in [0.15, 0.2) is 0 Å². The van der Waals surface area contributed by atoms with Crippen LogP contribution in [0.1, 0.15) is 78.6 Å². The largest absolute Gasteiger partial charge is 0.162 e. The lowest BCUT2D eigenvalue weighted by Gasteiger charge is -2.09. The van der Waals surface area contributed by atoms with Gasteiger partial charge in [0, 0.05) is 0 Å². The fraction of sp³-hybridized carbons (Fsp3) is 1.00. The number of hydrogen-bond donors (Lipinski definition) is 0. The molecule has 0 aliphatic rings. The van der Waals surface area contributed by atoms with Gasteiger partial charge in [-0.3, -0.25) is 0 Å². The highest BCUT2D eigenvalue weighted by molar-refractivity contribution is 7.99. The molecule has 1 heteroatoms. The Bertz CT molecular complexity index is 123. The Labute approximate surface area is 108 Å². The maximum absolute atomic E-state index is 2.41. The number of hydrogen-bond acceptors (Lipinski definition) is 1. The molecule has 0 saturated carbocycles. The minimum Gasteiger partial charge on any atom is -0.162 e. The molecule has 0 amide bonds. The van der Waals surface area contributed by atoms with E-state index in [4.69, 9.17) is 0 Å². The van der Waals surface area contributed by atoms with Gasteiger partial charge in [-0.05, 0) is 30.3 Å². The first-order valence-corrected chi connectivity index (χ1v) is 8.54. The molecule has 0 N–H and O–H groups in total. The number of rotatable bonds is 12. The zero-order chi connectivity index (χ0) is 12.1. The molecule has 0 aromatic carbocycles. The lowest BCUT2D eigenvalue weighted by molar-refractivity contribution is 0.455. The second-order valence-electron chi connectivity index (χ2n) is 5.06. The summed E-state index contributed by atoms with van der Waals surface area (Å²) in [6, 6.07) is 0. The van der Waals surface area contributed by atoms with Crippen LogP contribution in [0, 0.1) is 5.92 Å². The first-order valence-electron chi connectivity index (χ1n) is 7.39. The van der Waals surface area contributed by atoms with Gasteiger partial charge in [0.2, 0.25) is 0 Å². The molecule has 0 rings (SSSR count). The van der Waals surface area contributed by atoms with Crippen LogP contribution < -0.4 is 0 Å². The number of unbranched alkanes of at least 4 members (excludes halogenated alkanes) is 4. The first kappa shape index (κ1) is 16.4. The number of thioether (sulfide) groups is 1. The molecule has 0 aromatic heterocycles. The van der Waals surface area contributed by atoms with E-state index >= 15 is 0 Å². The van der Waals surface area contributed by atoms with E-state index < -0.39 is 0 Å². The average molecular weight is 244 g/mol. The van der Waals surface area contributed by atoms with E-state index in [1.165, 1.54) is 69.3 Å². The minimum absolute atomic E-state index is 0.962. The van der Waals surface area contributed by atoms with Crippen LogP contribution in [0.25, 0.3) is 0 Å². The Morgan fingerprint density at radius 1 is 0.750 bits per heavy atom. The normalized spacial score (nSPS) is 12.9. The van der Waals surface area contributed by atoms with E-state index in [9.17, 15) is 0 Å². The monoisotopic (exact) mass is 244 g/mol. The third kappa shape index (κ3) is 12.4. The third-order valence-electron chi connectivity index (χ3n) is 3.16. The molecule has 0 saturated heterocycles. The lowest BCUT2D eigenvalue weighted by Crippen LogP contribution is -1.93. The van der Waals surface area contributed by atoms with Crippen molar-refractivity contribution in [2.75, 3.05) is 11.5 Å². The van der Waals surface area contributed by atoms with Gasteiger partial charge in [-0.25, -0.2) is 0 Å². The fourth-order valence-electron chi connectivity index (χ4n) is 2.04. The predicted molar refractivity (Wildman–Crippen MR) is 79.4 cm³/mol. The molecule has 0 heterocycles. The van der Waals surface area contributed by atoms with Gasteiger partial charge in [0.1, 0.15) is 0 Å². The van der Waals surface area contributed by atoms with E-state index in [0.717, 1.165) is 5.92 Å². The predicted octanol–water partition coefficient (Wildman–Crippen LogP) is 5.91. The van der Waals surface area contributed by atoms with Crippen molar-refractivity contribution in [3.8, 4) is 0 Å². The van der Waals surface area contributed by atoms with Gasteiger partial charge in [-0.2, -0.15) is 11.8 Å². The highest BCUT2D eigenvalue weighted by atomic mass is 32.2. The first-order chi connectivity index (χ1) is 7.81. The van der Waals surface area contributed by atoms with Crippen LogP contribution in [-0.4, -0.2) is 11.5 Å². The molecule has 0 fully saturated rings. The summed E-state index contributed by atoms with van der Waals surface area (Å²) in [7, 11) is 0. The lowest BCUT2D eigenvalue weighted by atomic mass is 9.98. The van der Waals surface area contributed by atoms with E-state index in [1.54, 1.807) is 0 Å². The van der Waals surface area contributed by atoms with Crippen LogP contribution in [0.3, 0.4) is 0 Å². The highest BCUT2D eigenvalue weighted by Crippen LogP contribution is 2.16. The Morgan fingerprint density at radius 2 is 1.44 bits per heavy atom. The van der Waals surface area contributed by atoms with Gasteiger partial charge < -0.3 is 0 Å². The zero-order valence-corrected chi connectivity index (χ0v) is 12.6. The minimum atomic E-state index is 0.962. The van der Waals surface area contributed by atoms with Gasteiger partial charge >= 0.3 is 0 Å². The van der Waals surface area contributed by atoms with Gasteiger partial charge in [0.25, 0.3) is 0 Å². The summed E-state index contributed by atoms with van der Waals surface area (Å²) in [4.78, 5) is 0. The van der Waals surface area contributed by atoms with Crippen molar-refractivity contribution in [3.63, 3.8) is 0 Å². The van der Waals surface area contributed by atoms with Crippen molar-refractivity contribution in [1.29, 1.82) is 0 Å². The van der Waals surface area contributed by atoms with E-state index in [1.807, 2.05) is 0 Å². The maximum atomic E-state index is 2.41. The SMILES string of the molecule is CCCCSCCCCCCC(C)CCC. The van der Waals surface area contributed by atoms with Crippen LogP contribution in [0.5, 0.6) is 0 Å². The smallest absolute Gasteiger partial charge is 0.00675 e. The highest BCUT2D eigenvalue weighted by Gasteiger charge is 1.99. The molecule has 0 radical (unpaired) electrons. The molecule has 1 atom stereocenters. The Morgan fingerprint density at radius 3 is 2.12 bits per heavy atom. The Balaban J connectivity index is 2.98. The summed E-state index contributed by atoms with van der Waals surface area (Å²) in [5, 5.41) is 0. The molecule has 98 valence electrons. The fourth-order valence-corrected chi connectivity index (χ4v) is 3.14. The molecule has 0 nitrogen and oxygen atoms in total. The van der Waals surface area contributed by atoms with Gasteiger partial charge in [-0.15, -0.1) is 0 Å². The Hall–Kier alpha value is 0.350. The maximum Gasteiger partial charge on any atom is -0.00675 e. The molecule has 0 aliphatic heterocycles. The summed E-state index contributed by atoms with van der Waals surface area (Å²) < 4.78 is 0. The van der Waals surface area contributed by atoms with Crippen molar-refractivity contribution in [2.24, 2.45) is 5.92 Å². The molecule has 0 aromatic rings. The topological polar surface area (TPSA) is 0 Å². The second kappa shape index (κ2) is 13.4. The van der Waals surface area contributed by atoms with Crippen molar-refractivity contribution >= 4 is 11.8 Å². The molecular formula is C15H32S. The van der Waals surface area contributed by atoms with E-state index in [0.29, 0.717) is 0 Å². The summed E-state index contributed by atoms with van der Waals surface area (Å²) >= 11 is 2.15. The van der Waals surface area contributed by atoms with Crippen LogP contribution in [0.4, 0.5) is 0 Å². The summed E-state index contributed by atoms with van der Waals surface area (Å²) in [5.41, 5.74) is 0. The van der Waals surface area contributed by atoms with E-state index in [-0.39, 0.29) is 0 Å². The molecule has 1 unspecified atom stereocenters. The molecule has 0 aliphatic carbocycles. The van der Waals surface area contributed by atoms with Crippen LogP contribution in [-0.2, 0) is 0 Å².